The van der Waals surface area contributed by atoms with Crippen LogP contribution in [0, 0.1) is 0 Å². The number of fused-ring (bicyclic) bond motifs is 3. The van der Waals surface area contributed by atoms with Gasteiger partial charge >= 0.3 is 0 Å². The van der Waals surface area contributed by atoms with Crippen molar-refractivity contribution in [2.24, 2.45) is 0 Å². The van der Waals surface area contributed by atoms with E-state index < -0.39 is 0 Å². The maximum Gasteiger partial charge on any atom is 0.137 e. The Labute approximate surface area is 268 Å². The van der Waals surface area contributed by atoms with Crippen molar-refractivity contribution in [2.45, 2.75) is 0 Å². The first kappa shape index (κ1) is 24.9. The van der Waals surface area contributed by atoms with Gasteiger partial charge < -0.3 is 13.4 Å². The van der Waals surface area contributed by atoms with Gasteiger partial charge in [-0.15, -0.1) is 0 Å². The fourth-order valence-corrected chi connectivity index (χ4v) is 7.92. The summed E-state index contributed by atoms with van der Waals surface area (Å²) in [5.74, 6) is 0. The molecule has 11 rings (SSSR count). The van der Waals surface area contributed by atoms with E-state index in [9.17, 15) is 0 Å². The summed E-state index contributed by atoms with van der Waals surface area (Å²) in [4.78, 5) is 0. The molecule has 47 heavy (non-hydrogen) atoms. The molecule has 0 aliphatic carbocycles. The molecule has 218 valence electrons. The van der Waals surface area contributed by atoms with E-state index in [4.69, 9.17) is 8.83 Å². The molecule has 11 aromatic rings. The van der Waals surface area contributed by atoms with Gasteiger partial charge in [-0.2, -0.15) is 0 Å². The highest BCUT2D eigenvalue weighted by Gasteiger charge is 2.22. The molecule has 0 amide bonds. The molecule has 3 nitrogen and oxygen atoms in total. The summed E-state index contributed by atoms with van der Waals surface area (Å²) in [5.41, 5.74) is 11.8. The number of nitrogens with zero attached hydrogens (tertiary/aromatic N) is 1. The third-order valence-corrected chi connectivity index (χ3v) is 9.94. The second-order valence-corrected chi connectivity index (χ2v) is 12.5. The average molecular weight is 600 g/mol. The lowest BCUT2D eigenvalue weighted by Crippen LogP contribution is -1.98. The van der Waals surface area contributed by atoms with E-state index in [1.807, 2.05) is 12.1 Å². The summed E-state index contributed by atoms with van der Waals surface area (Å²) >= 11 is 0. The monoisotopic (exact) mass is 599 g/mol. The van der Waals surface area contributed by atoms with Gasteiger partial charge in [-0.25, -0.2) is 0 Å². The fourth-order valence-electron chi connectivity index (χ4n) is 7.92. The third kappa shape index (κ3) is 3.40. The predicted octanol–water partition coefficient (Wildman–Crippen LogP) is 12.5. The number of para-hydroxylation sites is 1. The summed E-state index contributed by atoms with van der Waals surface area (Å²) in [5, 5.41) is 9.52. The molecule has 3 heteroatoms. The van der Waals surface area contributed by atoms with Crippen LogP contribution in [-0.2, 0) is 0 Å². The Morgan fingerprint density at radius 3 is 1.96 bits per heavy atom. The summed E-state index contributed by atoms with van der Waals surface area (Å²) in [6.45, 7) is 0. The normalized spacial score (nSPS) is 12.3. The van der Waals surface area contributed by atoms with Crippen LogP contribution in [0.4, 0.5) is 0 Å². The largest absolute Gasteiger partial charge is 0.456 e. The second-order valence-electron chi connectivity index (χ2n) is 12.5. The molecule has 0 saturated heterocycles. The topological polar surface area (TPSA) is 31.2 Å². The first-order chi connectivity index (χ1) is 23.3. The number of rotatable bonds is 3. The number of benzene rings is 8. The van der Waals surface area contributed by atoms with E-state index in [0.29, 0.717) is 0 Å². The van der Waals surface area contributed by atoms with E-state index in [1.54, 1.807) is 0 Å². The van der Waals surface area contributed by atoms with Crippen molar-refractivity contribution in [3.8, 4) is 27.9 Å². The smallest absolute Gasteiger partial charge is 0.137 e. The molecule has 3 aromatic heterocycles. The summed E-state index contributed by atoms with van der Waals surface area (Å²) in [6.07, 6.45) is 0. The van der Waals surface area contributed by atoms with E-state index in [2.05, 4.69) is 144 Å². The van der Waals surface area contributed by atoms with Crippen LogP contribution in [0.5, 0.6) is 0 Å². The molecular formula is C44H25NO2. The Bertz CT molecular complexity index is 3010. The zero-order valence-electron chi connectivity index (χ0n) is 25.2. The van der Waals surface area contributed by atoms with Crippen molar-refractivity contribution in [1.82, 2.24) is 4.57 Å². The highest BCUT2D eigenvalue weighted by molar-refractivity contribution is 6.34. The molecule has 0 aliphatic rings. The second kappa shape index (κ2) is 9.12. The number of hydrogen-bond acceptors (Lipinski definition) is 2. The standard InChI is InChI=1S/C44H25NO2/c1-2-9-26(10-3-1)33-25-29-20-22-40-44-41(29)42-32(33)14-7-15-35(42)45(36-16-8-18-39(47-40)43(36)44)30-12-6-11-27(23-30)28-19-21-38-34(24-28)31-13-4-5-17-37(31)46-38/h1-25H. The highest BCUT2D eigenvalue weighted by atomic mass is 16.3. The number of aromatic nitrogens is 1. The van der Waals surface area contributed by atoms with Crippen molar-refractivity contribution in [2.75, 3.05) is 0 Å². The molecule has 0 fully saturated rings. The maximum atomic E-state index is 6.54. The van der Waals surface area contributed by atoms with Crippen molar-refractivity contribution in [3.05, 3.63) is 152 Å². The molecule has 8 aromatic carbocycles. The van der Waals surface area contributed by atoms with Crippen LogP contribution in [0.25, 0.3) is 104 Å². The van der Waals surface area contributed by atoms with E-state index in [-0.39, 0.29) is 0 Å². The lowest BCUT2D eigenvalue weighted by atomic mass is 9.91. The van der Waals surface area contributed by atoms with Crippen molar-refractivity contribution >= 4 is 76.5 Å². The Balaban J connectivity index is 1.27. The Morgan fingerprint density at radius 1 is 0.362 bits per heavy atom. The average Bonchev–Trinajstić information content (AvgIpc) is 3.66. The van der Waals surface area contributed by atoms with Crippen LogP contribution in [0.3, 0.4) is 0 Å². The van der Waals surface area contributed by atoms with Gasteiger partial charge in [0.15, 0.2) is 0 Å². The zero-order chi connectivity index (χ0) is 30.6. The summed E-state index contributed by atoms with van der Waals surface area (Å²) in [7, 11) is 0. The van der Waals surface area contributed by atoms with Gasteiger partial charge in [0.2, 0.25) is 0 Å². The first-order valence-electron chi connectivity index (χ1n) is 16.0. The van der Waals surface area contributed by atoms with E-state index >= 15 is 0 Å². The van der Waals surface area contributed by atoms with Gasteiger partial charge in [0, 0.05) is 32.6 Å². The quantitative estimate of drug-likeness (QED) is 0.189. The summed E-state index contributed by atoms with van der Waals surface area (Å²) < 4.78 is 15.1. The predicted molar refractivity (Wildman–Crippen MR) is 195 cm³/mol. The molecule has 0 N–H and O–H groups in total. The molecule has 0 unspecified atom stereocenters. The van der Waals surface area contributed by atoms with Gasteiger partial charge in [-0.1, -0.05) is 91.0 Å². The number of hydrogen-bond donors (Lipinski definition) is 0. The molecular weight excluding hydrogens is 574 g/mol. The third-order valence-electron chi connectivity index (χ3n) is 9.94. The molecule has 0 spiro atoms. The van der Waals surface area contributed by atoms with Crippen molar-refractivity contribution in [1.29, 1.82) is 0 Å². The molecule has 0 radical (unpaired) electrons. The van der Waals surface area contributed by atoms with Gasteiger partial charge in [-0.3, -0.25) is 0 Å². The van der Waals surface area contributed by atoms with Crippen LogP contribution in [0.2, 0.25) is 0 Å². The van der Waals surface area contributed by atoms with Crippen LogP contribution < -0.4 is 0 Å². The minimum Gasteiger partial charge on any atom is -0.456 e. The zero-order valence-corrected chi connectivity index (χ0v) is 25.2. The lowest BCUT2D eigenvalue weighted by Gasteiger charge is -2.16. The van der Waals surface area contributed by atoms with Crippen LogP contribution >= 0.6 is 0 Å². The Hall–Kier alpha value is -6.32. The van der Waals surface area contributed by atoms with Crippen LogP contribution in [-0.4, -0.2) is 4.57 Å². The Kier molecular flexibility index (Phi) is 4.84. The molecule has 0 aliphatic heterocycles. The minimum atomic E-state index is 0.900. The summed E-state index contributed by atoms with van der Waals surface area (Å²) in [6, 6.07) is 54.3. The van der Waals surface area contributed by atoms with E-state index in [0.717, 1.165) is 66.3 Å². The molecule has 0 atom stereocenters. The molecule has 3 heterocycles. The molecule has 0 saturated carbocycles. The minimum absolute atomic E-state index is 0.900. The van der Waals surface area contributed by atoms with Crippen molar-refractivity contribution < 1.29 is 8.83 Å². The van der Waals surface area contributed by atoms with E-state index in [1.165, 1.54) is 38.1 Å². The van der Waals surface area contributed by atoms with Gasteiger partial charge in [-0.05, 0) is 93.7 Å². The maximum absolute atomic E-state index is 6.54. The van der Waals surface area contributed by atoms with Crippen molar-refractivity contribution in [3.63, 3.8) is 0 Å². The van der Waals surface area contributed by atoms with Crippen LogP contribution in [0.15, 0.2) is 160 Å². The van der Waals surface area contributed by atoms with Crippen LogP contribution in [0.1, 0.15) is 0 Å². The lowest BCUT2D eigenvalue weighted by molar-refractivity contribution is 0.668. The van der Waals surface area contributed by atoms with Gasteiger partial charge in [0.25, 0.3) is 0 Å². The SMILES string of the molecule is c1ccc(-c2cc3ccc4oc5cccc6c5c4c3c3c2cccc3n6-c2cccc(-c3ccc4oc5ccccc5c4c3)c2)cc1. The van der Waals surface area contributed by atoms with Gasteiger partial charge in [0.1, 0.15) is 22.3 Å². The molecule has 0 bridgehead atoms. The first-order valence-corrected chi connectivity index (χ1v) is 16.0. The van der Waals surface area contributed by atoms with Gasteiger partial charge in [0.05, 0.1) is 16.4 Å². The number of furan rings is 2. The highest BCUT2D eigenvalue weighted by Crippen LogP contribution is 2.46. The Morgan fingerprint density at radius 2 is 1.02 bits per heavy atom. The fraction of sp³-hybridized carbons (Fsp3) is 0.